The molecule has 2 heterocycles. The lowest BCUT2D eigenvalue weighted by Crippen LogP contribution is -2.46. The third-order valence-electron chi connectivity index (χ3n) is 5.91. The highest BCUT2D eigenvalue weighted by atomic mass is 16.2. The molecule has 1 amide bonds. The molecule has 1 aromatic heterocycles. The summed E-state index contributed by atoms with van der Waals surface area (Å²) in [5, 5.41) is 11.7. The van der Waals surface area contributed by atoms with Gasteiger partial charge in [-0.1, -0.05) is 30.3 Å². The Labute approximate surface area is 190 Å². The van der Waals surface area contributed by atoms with Gasteiger partial charge in [0.05, 0.1) is 11.4 Å². The molecule has 0 spiro atoms. The maximum absolute atomic E-state index is 12.5. The Bertz CT molecular complexity index is 1020. The fourth-order valence-electron chi connectivity index (χ4n) is 4.07. The Morgan fingerprint density at radius 1 is 0.906 bits per heavy atom. The van der Waals surface area contributed by atoms with Crippen LogP contribution in [0.4, 0.5) is 5.69 Å². The zero-order valence-electron chi connectivity index (χ0n) is 19.0. The van der Waals surface area contributed by atoms with E-state index in [0.29, 0.717) is 17.9 Å². The van der Waals surface area contributed by atoms with E-state index >= 15 is 0 Å². The molecule has 32 heavy (non-hydrogen) atoms. The summed E-state index contributed by atoms with van der Waals surface area (Å²) in [5.74, 6) is -0.156. The summed E-state index contributed by atoms with van der Waals surface area (Å²) in [5.41, 5.74) is 4.51. The van der Waals surface area contributed by atoms with E-state index in [2.05, 4.69) is 56.5 Å². The van der Waals surface area contributed by atoms with Gasteiger partial charge in [0, 0.05) is 38.4 Å². The van der Waals surface area contributed by atoms with E-state index in [-0.39, 0.29) is 5.91 Å². The Morgan fingerprint density at radius 3 is 2.41 bits per heavy atom. The lowest BCUT2D eigenvalue weighted by atomic mass is 10.2. The molecule has 1 saturated heterocycles. The molecule has 0 atom stereocenters. The smallest absolute Gasteiger partial charge is 0.273 e. The summed E-state index contributed by atoms with van der Waals surface area (Å²) < 4.78 is 0. The number of benzene rings is 2. The van der Waals surface area contributed by atoms with Crippen molar-refractivity contribution in [2.75, 3.05) is 44.2 Å². The number of carbonyl (C=O) groups is 1. The number of hydrogen-bond donors (Lipinski definition) is 1. The van der Waals surface area contributed by atoms with Gasteiger partial charge in [0.25, 0.3) is 5.91 Å². The normalized spacial score (nSPS) is 14.5. The van der Waals surface area contributed by atoms with Crippen molar-refractivity contribution in [1.82, 2.24) is 25.2 Å². The van der Waals surface area contributed by atoms with Gasteiger partial charge in [0.15, 0.2) is 5.69 Å². The number of piperazine rings is 1. The van der Waals surface area contributed by atoms with Crippen LogP contribution in [0.2, 0.25) is 0 Å². The zero-order valence-corrected chi connectivity index (χ0v) is 19.0. The fourth-order valence-corrected chi connectivity index (χ4v) is 4.07. The quantitative estimate of drug-likeness (QED) is 0.554. The second-order valence-electron chi connectivity index (χ2n) is 8.39. The first-order chi connectivity index (χ1) is 15.6. The molecule has 0 saturated carbocycles. The minimum atomic E-state index is -0.156. The first kappa shape index (κ1) is 22.0. The number of nitrogens with one attached hydrogen (secondary N) is 1. The maximum Gasteiger partial charge on any atom is 0.273 e. The van der Waals surface area contributed by atoms with Gasteiger partial charge < -0.3 is 10.2 Å². The second kappa shape index (κ2) is 10.4. The number of unbranched alkanes of at least 4 members (excludes halogenated alkanes) is 1. The molecule has 0 aliphatic carbocycles. The van der Waals surface area contributed by atoms with E-state index in [1.807, 2.05) is 37.3 Å². The Kier molecular flexibility index (Phi) is 7.17. The average molecular weight is 433 g/mol. The number of rotatable bonds is 8. The van der Waals surface area contributed by atoms with Gasteiger partial charge in [0.2, 0.25) is 0 Å². The molecule has 1 fully saturated rings. The number of aryl methyl sites for hydroxylation is 2. The van der Waals surface area contributed by atoms with Crippen LogP contribution in [0.1, 0.15) is 34.6 Å². The number of aromatic nitrogens is 3. The topological polar surface area (TPSA) is 66.3 Å². The summed E-state index contributed by atoms with van der Waals surface area (Å²) in [6.07, 6.45) is 2.02. The summed E-state index contributed by atoms with van der Waals surface area (Å²) in [6, 6.07) is 18.4. The lowest BCUT2D eigenvalue weighted by molar-refractivity contribution is 0.0946. The third-order valence-corrected chi connectivity index (χ3v) is 5.91. The van der Waals surface area contributed by atoms with Crippen LogP contribution >= 0.6 is 0 Å². The standard InChI is InChI=1S/C25H32N6O/c1-20-9-8-12-23(19-20)30-17-15-29(16-18-30)14-7-6-13-26-25(32)24-21(2)27-31(28-24)22-10-4-3-5-11-22/h3-5,8-12,19H,6-7,13-18H2,1-2H3,(H,26,32). The number of anilines is 1. The molecule has 0 bridgehead atoms. The number of nitrogens with zero attached hydrogens (tertiary/aromatic N) is 5. The zero-order chi connectivity index (χ0) is 22.3. The molecule has 1 aliphatic rings. The van der Waals surface area contributed by atoms with Crippen molar-refractivity contribution < 1.29 is 4.79 Å². The van der Waals surface area contributed by atoms with Gasteiger partial charge in [-0.25, -0.2) is 0 Å². The highest BCUT2D eigenvalue weighted by Crippen LogP contribution is 2.18. The van der Waals surface area contributed by atoms with Crippen molar-refractivity contribution in [1.29, 1.82) is 0 Å². The molecule has 1 N–H and O–H groups in total. The fraction of sp³-hybridized carbons (Fsp3) is 0.400. The molecule has 7 nitrogen and oxygen atoms in total. The highest BCUT2D eigenvalue weighted by Gasteiger charge is 2.18. The molecule has 7 heteroatoms. The molecule has 4 rings (SSSR count). The summed E-state index contributed by atoms with van der Waals surface area (Å²) in [6.45, 7) is 9.99. The van der Waals surface area contributed by atoms with Crippen molar-refractivity contribution in [2.45, 2.75) is 26.7 Å². The van der Waals surface area contributed by atoms with E-state index in [4.69, 9.17) is 0 Å². The van der Waals surface area contributed by atoms with Gasteiger partial charge >= 0.3 is 0 Å². The first-order valence-corrected chi connectivity index (χ1v) is 11.4. The van der Waals surface area contributed by atoms with E-state index in [1.54, 1.807) is 0 Å². The van der Waals surface area contributed by atoms with Crippen molar-refractivity contribution >= 4 is 11.6 Å². The largest absolute Gasteiger partial charge is 0.369 e. The van der Waals surface area contributed by atoms with Crippen LogP contribution in [0.3, 0.4) is 0 Å². The SMILES string of the molecule is Cc1cccc(N2CCN(CCCCNC(=O)c3nn(-c4ccccc4)nc3C)CC2)c1. The highest BCUT2D eigenvalue weighted by molar-refractivity contribution is 5.93. The maximum atomic E-state index is 12.5. The molecule has 3 aromatic rings. The molecule has 168 valence electrons. The van der Waals surface area contributed by atoms with Crippen LogP contribution < -0.4 is 10.2 Å². The van der Waals surface area contributed by atoms with Gasteiger partial charge in [-0.2, -0.15) is 9.90 Å². The van der Waals surface area contributed by atoms with Crippen LogP contribution in [0, 0.1) is 13.8 Å². The van der Waals surface area contributed by atoms with Crippen LogP contribution in [0.15, 0.2) is 54.6 Å². The minimum Gasteiger partial charge on any atom is -0.369 e. The Morgan fingerprint density at radius 2 is 1.66 bits per heavy atom. The van der Waals surface area contributed by atoms with E-state index in [0.717, 1.165) is 51.3 Å². The van der Waals surface area contributed by atoms with Crippen LogP contribution in [0.25, 0.3) is 5.69 Å². The molecular weight excluding hydrogens is 400 g/mol. The van der Waals surface area contributed by atoms with E-state index in [1.165, 1.54) is 16.0 Å². The first-order valence-electron chi connectivity index (χ1n) is 11.4. The van der Waals surface area contributed by atoms with Gasteiger partial charge in [-0.05, 0) is 63.1 Å². The number of para-hydroxylation sites is 1. The second-order valence-corrected chi connectivity index (χ2v) is 8.39. The van der Waals surface area contributed by atoms with E-state index < -0.39 is 0 Å². The molecular formula is C25H32N6O. The summed E-state index contributed by atoms with van der Waals surface area (Å²) in [4.78, 5) is 19.0. The van der Waals surface area contributed by atoms with Crippen LogP contribution in [-0.2, 0) is 0 Å². The summed E-state index contributed by atoms with van der Waals surface area (Å²) in [7, 11) is 0. The summed E-state index contributed by atoms with van der Waals surface area (Å²) >= 11 is 0. The lowest BCUT2D eigenvalue weighted by Gasteiger charge is -2.36. The molecule has 1 aliphatic heterocycles. The number of amides is 1. The van der Waals surface area contributed by atoms with Crippen molar-refractivity contribution in [3.8, 4) is 5.69 Å². The average Bonchev–Trinajstić information content (AvgIpc) is 3.21. The van der Waals surface area contributed by atoms with Gasteiger partial charge in [-0.15, -0.1) is 5.10 Å². The van der Waals surface area contributed by atoms with Crippen molar-refractivity contribution in [2.24, 2.45) is 0 Å². The molecule has 0 unspecified atom stereocenters. The van der Waals surface area contributed by atoms with Gasteiger partial charge in [0.1, 0.15) is 0 Å². The predicted molar refractivity (Wildman–Crippen MR) is 127 cm³/mol. The van der Waals surface area contributed by atoms with Crippen molar-refractivity contribution in [3.63, 3.8) is 0 Å². The number of carbonyl (C=O) groups excluding carboxylic acids is 1. The molecule has 0 radical (unpaired) electrons. The van der Waals surface area contributed by atoms with Crippen LogP contribution in [0.5, 0.6) is 0 Å². The van der Waals surface area contributed by atoms with Crippen LogP contribution in [-0.4, -0.2) is 65.1 Å². The third kappa shape index (κ3) is 5.53. The Balaban J connectivity index is 1.16. The van der Waals surface area contributed by atoms with Crippen molar-refractivity contribution in [3.05, 3.63) is 71.5 Å². The van der Waals surface area contributed by atoms with E-state index in [9.17, 15) is 4.79 Å². The minimum absolute atomic E-state index is 0.156. The molecule has 2 aromatic carbocycles. The Hall–Kier alpha value is -3.19. The predicted octanol–water partition coefficient (Wildman–Crippen LogP) is 3.22. The monoisotopic (exact) mass is 432 g/mol. The number of hydrogen-bond acceptors (Lipinski definition) is 5. The van der Waals surface area contributed by atoms with Gasteiger partial charge in [-0.3, -0.25) is 9.69 Å².